The summed E-state index contributed by atoms with van der Waals surface area (Å²) in [6.45, 7) is 1.68. The van der Waals surface area contributed by atoms with Crippen LogP contribution in [0.3, 0.4) is 0 Å². The lowest BCUT2D eigenvalue weighted by atomic mass is 9.77. The van der Waals surface area contributed by atoms with Crippen molar-refractivity contribution in [3.05, 3.63) is 64.2 Å². The Labute approximate surface area is 255 Å². The molecule has 228 valence electrons. The summed E-state index contributed by atoms with van der Waals surface area (Å²) in [5.74, 6) is 2.92. The van der Waals surface area contributed by atoms with Crippen LogP contribution in [-0.4, -0.2) is 21.4 Å². The summed E-state index contributed by atoms with van der Waals surface area (Å²) in [4.78, 5) is 0.268. The topological polar surface area (TPSA) is 97.7 Å². The molecule has 6 unspecified atom stereocenters. The number of hydrogen-bond acceptors (Lipinski definition) is 5. The van der Waals surface area contributed by atoms with Gasteiger partial charge >= 0.3 is 10.1 Å². The molecule has 1 N–H and O–H groups in total. The van der Waals surface area contributed by atoms with Crippen molar-refractivity contribution in [3.8, 4) is 5.75 Å². The van der Waals surface area contributed by atoms with E-state index in [1.54, 1.807) is 6.92 Å². The zero-order valence-electron chi connectivity index (χ0n) is 24.7. The van der Waals surface area contributed by atoms with Gasteiger partial charge in [0.25, 0.3) is 10.1 Å². The molecule has 8 heteroatoms. The first-order chi connectivity index (χ1) is 20.6. The zero-order chi connectivity index (χ0) is 29.7. The van der Waals surface area contributed by atoms with Gasteiger partial charge in [-0.15, -0.1) is 0 Å². The van der Waals surface area contributed by atoms with Crippen molar-refractivity contribution in [2.45, 2.75) is 106 Å². The maximum Gasteiger partial charge on any atom is 0.339 e. The molecule has 4 fully saturated rings. The Morgan fingerprint density at radius 2 is 1.44 bits per heavy atom. The Bertz CT molecular complexity index is 1860. The molecular weight excluding hydrogens is 581 g/mol. The minimum Gasteiger partial charge on any atom is -0.378 e. The highest BCUT2D eigenvalue weighted by molar-refractivity contribution is 7.87. The summed E-state index contributed by atoms with van der Waals surface area (Å²) >= 11 is 0. The fraction of sp³-hybridized carbons (Fsp3) is 0.543. The van der Waals surface area contributed by atoms with E-state index in [0.717, 1.165) is 60.4 Å². The van der Waals surface area contributed by atoms with Gasteiger partial charge in [-0.3, -0.25) is 4.55 Å². The van der Waals surface area contributed by atoms with Crippen molar-refractivity contribution in [2.24, 2.45) is 23.7 Å². The summed E-state index contributed by atoms with van der Waals surface area (Å²) in [5.41, 5.74) is 3.41. The molecule has 8 rings (SSSR count). The van der Waals surface area contributed by atoms with Crippen LogP contribution in [0.15, 0.2) is 46.2 Å². The molecule has 0 radical (unpaired) electrons. The second-order valence-corrected chi connectivity index (χ2v) is 17.1. The molecule has 4 saturated carbocycles. The van der Waals surface area contributed by atoms with Gasteiger partial charge in [-0.1, -0.05) is 37.1 Å². The van der Waals surface area contributed by atoms with Gasteiger partial charge in [0.05, 0.1) is 4.90 Å². The monoisotopic (exact) mass is 620 g/mol. The molecule has 0 aliphatic heterocycles. The lowest BCUT2D eigenvalue weighted by Gasteiger charge is -2.31. The molecule has 3 aromatic rings. The Morgan fingerprint density at radius 3 is 2.07 bits per heavy atom. The summed E-state index contributed by atoms with van der Waals surface area (Å²) < 4.78 is 70.8. The highest BCUT2D eigenvalue weighted by atomic mass is 32.2. The second kappa shape index (κ2) is 10.0. The smallest absolute Gasteiger partial charge is 0.339 e. The first-order valence-corrected chi connectivity index (χ1v) is 19.1. The van der Waals surface area contributed by atoms with E-state index in [0.29, 0.717) is 58.1 Å². The van der Waals surface area contributed by atoms with Crippen LogP contribution in [0.2, 0.25) is 0 Å². The number of benzene rings is 3. The van der Waals surface area contributed by atoms with Crippen LogP contribution in [0.4, 0.5) is 0 Å². The summed E-state index contributed by atoms with van der Waals surface area (Å²) in [6.07, 6.45) is 11.7. The number of hydrogen-bond donors (Lipinski definition) is 1. The minimum atomic E-state index is -4.45. The van der Waals surface area contributed by atoms with E-state index < -0.39 is 20.2 Å². The van der Waals surface area contributed by atoms with Crippen molar-refractivity contribution in [3.63, 3.8) is 0 Å². The van der Waals surface area contributed by atoms with Gasteiger partial charge in [-0.2, -0.15) is 16.8 Å². The van der Waals surface area contributed by atoms with Crippen molar-refractivity contribution in [1.82, 2.24) is 0 Å². The van der Waals surface area contributed by atoms with Crippen molar-refractivity contribution >= 4 is 31.0 Å². The quantitative estimate of drug-likeness (QED) is 0.223. The first-order valence-electron chi connectivity index (χ1n) is 16.2. The largest absolute Gasteiger partial charge is 0.378 e. The van der Waals surface area contributed by atoms with Crippen LogP contribution < -0.4 is 4.18 Å². The van der Waals surface area contributed by atoms with Crippen LogP contribution in [0.1, 0.15) is 104 Å². The molecule has 4 bridgehead atoms. The van der Waals surface area contributed by atoms with E-state index in [2.05, 4.69) is 24.3 Å². The fourth-order valence-corrected chi connectivity index (χ4v) is 12.5. The third-order valence-corrected chi connectivity index (χ3v) is 14.0. The zero-order valence-corrected chi connectivity index (χ0v) is 26.4. The molecule has 0 heterocycles. The molecule has 3 aromatic carbocycles. The van der Waals surface area contributed by atoms with Gasteiger partial charge in [0.2, 0.25) is 0 Å². The molecule has 0 aromatic heterocycles. The van der Waals surface area contributed by atoms with Crippen molar-refractivity contribution in [1.29, 1.82) is 0 Å². The number of fused-ring (bicyclic) bond motifs is 6. The highest BCUT2D eigenvalue weighted by Gasteiger charge is 2.47. The molecular formula is C35H40O6S2. The van der Waals surface area contributed by atoms with Crippen LogP contribution >= 0.6 is 0 Å². The fourth-order valence-electron chi connectivity index (χ4n) is 10.0. The summed E-state index contributed by atoms with van der Waals surface area (Å²) in [5, 5.41) is 2.14. The maximum atomic E-state index is 14.9. The SMILES string of the molecule is Cc1cc(S(=O)(=O)O)c2c(c1OS(=O)(=O)c1c(C3CC4CCC3C4)cc3ccccc3c1C1CC3CCC1C3)CCCC2. The van der Waals surface area contributed by atoms with Gasteiger partial charge in [0, 0.05) is 5.56 Å². The van der Waals surface area contributed by atoms with E-state index in [4.69, 9.17) is 4.18 Å². The average Bonchev–Trinajstić information content (AvgIpc) is 3.80. The molecule has 0 spiro atoms. The Hall–Kier alpha value is -2.42. The van der Waals surface area contributed by atoms with E-state index >= 15 is 0 Å². The molecule has 5 aliphatic carbocycles. The third kappa shape index (κ3) is 4.57. The lowest BCUT2D eigenvalue weighted by Crippen LogP contribution is -2.23. The van der Waals surface area contributed by atoms with E-state index in [1.165, 1.54) is 31.7 Å². The Kier molecular flexibility index (Phi) is 6.56. The predicted molar refractivity (Wildman–Crippen MR) is 166 cm³/mol. The summed E-state index contributed by atoms with van der Waals surface area (Å²) in [6, 6.07) is 11.8. The van der Waals surface area contributed by atoms with E-state index in [1.807, 2.05) is 6.07 Å². The number of rotatable bonds is 6. The Balaban J connectivity index is 1.35. The van der Waals surface area contributed by atoms with Gasteiger partial charge in [0.15, 0.2) is 0 Å². The molecule has 0 saturated heterocycles. The normalized spacial score (nSPS) is 29.8. The average molecular weight is 621 g/mol. The molecule has 6 nitrogen and oxygen atoms in total. The molecule has 0 amide bonds. The minimum absolute atomic E-state index is 0.125. The summed E-state index contributed by atoms with van der Waals surface area (Å²) in [7, 11) is -8.75. The Morgan fingerprint density at radius 1 is 0.791 bits per heavy atom. The van der Waals surface area contributed by atoms with Crippen LogP contribution in [0.25, 0.3) is 10.8 Å². The van der Waals surface area contributed by atoms with Gasteiger partial charge < -0.3 is 4.18 Å². The van der Waals surface area contributed by atoms with Crippen molar-refractivity contribution < 1.29 is 25.6 Å². The standard InChI is InChI=1S/C35H40O6S2/c1-20-14-32(42(36,37)38)27-8-4-5-9-28(27)34(20)41-43(39,40)35-31(29-17-21-10-12-24(29)15-21)19-23-6-2-3-7-26(23)33(35)30-18-22-11-13-25(30)16-22/h2-3,6-7,14,19,21-22,24-25,29-30H,4-5,8-13,15-18H2,1H3,(H,36,37,38). The van der Waals surface area contributed by atoms with Gasteiger partial charge in [-0.05, 0) is 152 Å². The van der Waals surface area contributed by atoms with Crippen LogP contribution in [0, 0.1) is 30.6 Å². The van der Waals surface area contributed by atoms with Crippen LogP contribution in [-0.2, 0) is 33.1 Å². The molecule has 5 aliphatic rings. The first kappa shape index (κ1) is 28.1. The van der Waals surface area contributed by atoms with E-state index in [9.17, 15) is 21.4 Å². The second-order valence-electron chi connectivity index (χ2n) is 14.2. The van der Waals surface area contributed by atoms with Gasteiger partial charge in [0.1, 0.15) is 10.6 Å². The van der Waals surface area contributed by atoms with Gasteiger partial charge in [-0.25, -0.2) is 0 Å². The lowest BCUT2D eigenvalue weighted by molar-refractivity contribution is 0.400. The van der Waals surface area contributed by atoms with Crippen molar-refractivity contribution in [2.75, 3.05) is 0 Å². The maximum absolute atomic E-state index is 14.9. The molecule has 6 atom stereocenters. The predicted octanol–water partition coefficient (Wildman–Crippen LogP) is 7.85. The highest BCUT2D eigenvalue weighted by Crippen LogP contribution is 2.59. The van der Waals surface area contributed by atoms with E-state index in [-0.39, 0.29) is 22.5 Å². The third-order valence-electron chi connectivity index (χ3n) is 11.8. The molecule has 43 heavy (non-hydrogen) atoms. The van der Waals surface area contributed by atoms with Crippen LogP contribution in [0.5, 0.6) is 5.75 Å². The number of aryl methyl sites for hydroxylation is 1.